The Morgan fingerprint density at radius 2 is 1.84 bits per heavy atom. The molecule has 0 fully saturated rings. The molecule has 1 heterocycles. The number of amides is 1. The Morgan fingerprint density at radius 1 is 1.10 bits per heavy atom. The summed E-state index contributed by atoms with van der Waals surface area (Å²) < 4.78 is 1.91. The van der Waals surface area contributed by atoms with Crippen LogP contribution in [0, 0.1) is 20.8 Å². The molecule has 0 aliphatic rings. The molecule has 0 aliphatic carbocycles. The Balaban J connectivity index is 1.74. The van der Waals surface area contributed by atoms with E-state index in [4.69, 9.17) is 0 Å². The van der Waals surface area contributed by atoms with Crippen molar-refractivity contribution in [2.24, 2.45) is 0 Å². The number of aromatic nitrogens is 2. The highest BCUT2D eigenvalue weighted by Crippen LogP contribution is 2.24. The summed E-state index contributed by atoms with van der Waals surface area (Å²) >= 11 is 1.41. The summed E-state index contributed by atoms with van der Waals surface area (Å²) in [6.07, 6.45) is 5.56. The standard InChI is InChI=1S/C25H29N3O2S/c1-5-6-10-26-24(30)20-8-7-9-21(15-20)28-12-11-27-25(28)31-16-22(29)23-18(3)13-17(2)14-19(23)4/h7-9,11-15H,5-6,10,16H2,1-4H3,(H,26,30). The zero-order valence-electron chi connectivity index (χ0n) is 18.6. The smallest absolute Gasteiger partial charge is 0.251 e. The molecule has 5 nitrogen and oxygen atoms in total. The molecule has 0 bridgehead atoms. The first-order chi connectivity index (χ1) is 14.9. The normalized spacial score (nSPS) is 10.8. The second-order valence-electron chi connectivity index (χ2n) is 7.73. The van der Waals surface area contributed by atoms with Crippen LogP contribution in [0.1, 0.15) is 57.2 Å². The number of nitrogens with zero attached hydrogens (tertiary/aromatic N) is 2. The summed E-state index contributed by atoms with van der Waals surface area (Å²) in [6, 6.07) is 11.5. The molecule has 3 aromatic rings. The fraction of sp³-hybridized carbons (Fsp3) is 0.320. The van der Waals surface area contributed by atoms with Gasteiger partial charge < -0.3 is 5.32 Å². The van der Waals surface area contributed by atoms with Crippen LogP contribution in [0.2, 0.25) is 0 Å². The minimum Gasteiger partial charge on any atom is -0.352 e. The van der Waals surface area contributed by atoms with Crippen LogP contribution in [0.5, 0.6) is 0 Å². The van der Waals surface area contributed by atoms with Gasteiger partial charge in [-0.3, -0.25) is 14.2 Å². The van der Waals surface area contributed by atoms with Gasteiger partial charge in [0.15, 0.2) is 10.9 Å². The lowest BCUT2D eigenvalue weighted by molar-refractivity contribution is 0.0952. The molecule has 2 aromatic carbocycles. The minimum absolute atomic E-state index is 0.0786. The van der Waals surface area contributed by atoms with Crippen molar-refractivity contribution >= 4 is 23.5 Å². The van der Waals surface area contributed by atoms with Crippen molar-refractivity contribution in [2.75, 3.05) is 12.3 Å². The SMILES string of the molecule is CCCCNC(=O)c1cccc(-n2ccnc2SCC(=O)c2c(C)cc(C)cc2C)c1. The number of hydrogen-bond acceptors (Lipinski definition) is 4. The molecule has 0 saturated heterocycles. The van der Waals surface area contributed by atoms with E-state index in [1.165, 1.54) is 11.8 Å². The quantitative estimate of drug-likeness (QED) is 0.281. The van der Waals surface area contributed by atoms with Crippen LogP contribution in [0.15, 0.2) is 53.9 Å². The molecule has 0 spiro atoms. The minimum atomic E-state index is -0.0786. The van der Waals surface area contributed by atoms with Crippen LogP contribution in [0.4, 0.5) is 0 Å². The number of thioether (sulfide) groups is 1. The number of Topliss-reactive ketones (excluding diaryl/α,β-unsaturated/α-hetero) is 1. The van der Waals surface area contributed by atoms with Gasteiger partial charge in [0.2, 0.25) is 0 Å². The fourth-order valence-corrected chi connectivity index (χ4v) is 4.54. The Morgan fingerprint density at radius 3 is 2.55 bits per heavy atom. The van der Waals surface area contributed by atoms with Crippen molar-refractivity contribution in [1.29, 1.82) is 0 Å². The molecule has 0 aliphatic heterocycles. The van der Waals surface area contributed by atoms with Crippen LogP contribution < -0.4 is 5.32 Å². The lowest BCUT2D eigenvalue weighted by Gasteiger charge is -2.12. The van der Waals surface area contributed by atoms with Crippen molar-refractivity contribution in [2.45, 2.75) is 45.7 Å². The number of unbranched alkanes of at least 4 members (excludes halogenated alkanes) is 1. The zero-order chi connectivity index (χ0) is 22.4. The third-order valence-electron chi connectivity index (χ3n) is 5.10. The Bertz CT molecular complexity index is 1060. The monoisotopic (exact) mass is 435 g/mol. The molecule has 0 saturated carbocycles. The molecule has 1 amide bonds. The molecule has 162 valence electrons. The summed E-state index contributed by atoms with van der Waals surface area (Å²) in [6.45, 7) is 8.77. The first kappa shape index (κ1) is 22.8. The van der Waals surface area contributed by atoms with E-state index in [0.717, 1.165) is 45.9 Å². The largest absolute Gasteiger partial charge is 0.352 e. The Labute approximate surface area is 188 Å². The summed E-state index contributed by atoms with van der Waals surface area (Å²) in [5, 5.41) is 3.67. The van der Waals surface area contributed by atoms with Crippen molar-refractivity contribution in [3.63, 3.8) is 0 Å². The highest BCUT2D eigenvalue weighted by Gasteiger charge is 2.16. The van der Waals surface area contributed by atoms with Gasteiger partial charge in [-0.2, -0.15) is 0 Å². The predicted molar refractivity (Wildman–Crippen MR) is 127 cm³/mol. The number of nitrogens with one attached hydrogen (secondary N) is 1. The second-order valence-corrected chi connectivity index (χ2v) is 8.67. The molecule has 3 rings (SSSR count). The lowest BCUT2D eigenvalue weighted by atomic mass is 9.97. The summed E-state index contributed by atoms with van der Waals surface area (Å²) in [4.78, 5) is 29.7. The number of benzene rings is 2. The van der Waals surface area contributed by atoms with Crippen molar-refractivity contribution < 1.29 is 9.59 Å². The summed E-state index contributed by atoms with van der Waals surface area (Å²) in [7, 11) is 0. The van der Waals surface area contributed by atoms with Gasteiger partial charge in [-0.05, 0) is 56.5 Å². The number of carbonyl (C=O) groups excluding carboxylic acids is 2. The van der Waals surface area contributed by atoms with Gasteiger partial charge in [-0.25, -0.2) is 4.98 Å². The van der Waals surface area contributed by atoms with Gasteiger partial charge in [0.05, 0.1) is 5.75 Å². The van der Waals surface area contributed by atoms with Crippen LogP contribution in [-0.4, -0.2) is 33.5 Å². The molecule has 0 unspecified atom stereocenters. The highest BCUT2D eigenvalue weighted by molar-refractivity contribution is 7.99. The van der Waals surface area contributed by atoms with Gasteiger partial charge in [0.25, 0.3) is 5.91 Å². The topological polar surface area (TPSA) is 64.0 Å². The van der Waals surface area contributed by atoms with Crippen molar-refractivity contribution in [3.8, 4) is 5.69 Å². The fourth-order valence-electron chi connectivity index (χ4n) is 3.69. The number of ketones is 1. The number of rotatable bonds is 9. The van der Waals surface area contributed by atoms with Crippen LogP contribution >= 0.6 is 11.8 Å². The van der Waals surface area contributed by atoms with Crippen molar-refractivity contribution in [3.05, 3.63) is 76.6 Å². The lowest BCUT2D eigenvalue weighted by Crippen LogP contribution is -2.24. The maximum atomic E-state index is 12.9. The van der Waals surface area contributed by atoms with Gasteiger partial charge in [0.1, 0.15) is 0 Å². The highest BCUT2D eigenvalue weighted by atomic mass is 32.2. The Kier molecular flexibility index (Phi) is 7.69. The number of hydrogen-bond donors (Lipinski definition) is 1. The predicted octanol–water partition coefficient (Wildman–Crippen LogP) is 5.30. The van der Waals surface area contributed by atoms with Gasteiger partial charge in [-0.15, -0.1) is 0 Å². The molecular formula is C25H29N3O2S. The molecule has 0 atom stereocenters. The van der Waals surface area contributed by atoms with Crippen LogP contribution in [0.25, 0.3) is 5.69 Å². The average molecular weight is 436 g/mol. The molecule has 1 aromatic heterocycles. The summed E-state index contributed by atoms with van der Waals surface area (Å²) in [5.41, 5.74) is 5.43. The van der Waals surface area contributed by atoms with Gasteiger partial charge in [0, 0.05) is 35.8 Å². The van der Waals surface area contributed by atoms with E-state index in [1.54, 1.807) is 12.3 Å². The summed E-state index contributed by atoms with van der Waals surface area (Å²) in [5.74, 6) is 0.322. The maximum absolute atomic E-state index is 12.9. The van der Waals surface area contributed by atoms with Crippen LogP contribution in [0.3, 0.4) is 0 Å². The first-order valence-corrected chi connectivity index (χ1v) is 11.5. The third kappa shape index (κ3) is 5.64. The average Bonchev–Trinajstić information content (AvgIpc) is 3.20. The molecular weight excluding hydrogens is 406 g/mol. The van der Waals surface area contributed by atoms with E-state index in [9.17, 15) is 9.59 Å². The number of aryl methyl sites for hydroxylation is 3. The van der Waals surface area contributed by atoms with Crippen LogP contribution in [-0.2, 0) is 0 Å². The Hall–Kier alpha value is -2.86. The van der Waals surface area contributed by atoms with Crippen molar-refractivity contribution in [1.82, 2.24) is 14.9 Å². The molecule has 1 N–H and O–H groups in total. The second kappa shape index (κ2) is 10.4. The zero-order valence-corrected chi connectivity index (χ0v) is 19.4. The van der Waals surface area contributed by atoms with E-state index < -0.39 is 0 Å². The number of carbonyl (C=O) groups is 2. The van der Waals surface area contributed by atoms with Gasteiger partial charge in [-0.1, -0.05) is 48.9 Å². The third-order valence-corrected chi connectivity index (χ3v) is 6.06. The van der Waals surface area contributed by atoms with E-state index in [2.05, 4.69) is 17.2 Å². The van der Waals surface area contributed by atoms with E-state index in [-0.39, 0.29) is 11.7 Å². The van der Waals surface area contributed by atoms with E-state index >= 15 is 0 Å². The molecule has 0 radical (unpaired) electrons. The number of imidazole rings is 1. The van der Waals surface area contributed by atoms with Gasteiger partial charge >= 0.3 is 0 Å². The van der Waals surface area contributed by atoms with E-state index in [0.29, 0.717) is 17.9 Å². The first-order valence-electron chi connectivity index (χ1n) is 10.6. The maximum Gasteiger partial charge on any atom is 0.251 e. The molecule has 6 heteroatoms. The van der Waals surface area contributed by atoms with E-state index in [1.807, 2.05) is 61.9 Å². The molecule has 31 heavy (non-hydrogen) atoms.